The van der Waals surface area contributed by atoms with Crippen molar-refractivity contribution in [2.75, 3.05) is 11.9 Å². The van der Waals surface area contributed by atoms with E-state index in [0.29, 0.717) is 6.04 Å². The first kappa shape index (κ1) is 16.0. The molecule has 0 aliphatic heterocycles. The lowest BCUT2D eigenvalue weighted by molar-refractivity contribution is 0.559. The fraction of sp³-hybridized carbons (Fsp3) is 0.625. The number of hydrogen-bond donors (Lipinski definition) is 1. The van der Waals surface area contributed by atoms with Gasteiger partial charge in [-0.1, -0.05) is 32.9 Å². The first-order chi connectivity index (χ1) is 9.04. The molecule has 1 rings (SSSR count). The minimum absolute atomic E-state index is 0.0932. The van der Waals surface area contributed by atoms with Crippen molar-refractivity contribution in [2.24, 2.45) is 5.73 Å². The van der Waals surface area contributed by atoms with Crippen LogP contribution >= 0.6 is 0 Å². The number of nitrogens with two attached hydrogens (primary N) is 1. The largest absolute Gasteiger partial charge is 0.369 e. The van der Waals surface area contributed by atoms with Gasteiger partial charge < -0.3 is 10.6 Å². The van der Waals surface area contributed by atoms with E-state index in [1.807, 2.05) is 13.1 Å². The quantitative estimate of drug-likeness (QED) is 0.814. The fourth-order valence-corrected chi connectivity index (χ4v) is 2.57. The van der Waals surface area contributed by atoms with Crippen molar-refractivity contribution in [1.29, 1.82) is 0 Å². The highest BCUT2D eigenvalue weighted by Gasteiger charge is 2.19. The standard InChI is InChI=1S/C16H27FN2/c1-5-13(18)11-12-9-8-10-15(17)16(12)19(4)14(6-2)7-3/h8-10,13-14H,5-7,11,18H2,1-4H3. The van der Waals surface area contributed by atoms with Crippen molar-refractivity contribution < 1.29 is 4.39 Å². The van der Waals surface area contributed by atoms with Gasteiger partial charge in [0.05, 0.1) is 5.69 Å². The molecular formula is C16H27FN2. The Kier molecular flexibility index (Phi) is 6.29. The second-order valence-corrected chi connectivity index (χ2v) is 5.20. The van der Waals surface area contributed by atoms with Crippen molar-refractivity contribution in [1.82, 2.24) is 0 Å². The van der Waals surface area contributed by atoms with E-state index in [-0.39, 0.29) is 11.9 Å². The van der Waals surface area contributed by atoms with Crippen LogP contribution in [-0.2, 0) is 6.42 Å². The van der Waals surface area contributed by atoms with E-state index in [0.717, 1.165) is 36.9 Å². The van der Waals surface area contributed by atoms with Gasteiger partial charge >= 0.3 is 0 Å². The van der Waals surface area contributed by atoms with Crippen LogP contribution in [0.1, 0.15) is 45.6 Å². The average Bonchev–Trinajstić information content (AvgIpc) is 2.40. The summed E-state index contributed by atoms with van der Waals surface area (Å²) >= 11 is 0. The van der Waals surface area contributed by atoms with Crippen molar-refractivity contribution in [3.8, 4) is 0 Å². The summed E-state index contributed by atoms with van der Waals surface area (Å²) in [5, 5.41) is 0. The van der Waals surface area contributed by atoms with Crippen molar-refractivity contribution >= 4 is 5.69 Å². The fourth-order valence-electron chi connectivity index (χ4n) is 2.57. The van der Waals surface area contributed by atoms with E-state index in [2.05, 4.69) is 25.7 Å². The minimum Gasteiger partial charge on any atom is -0.369 e. The molecule has 19 heavy (non-hydrogen) atoms. The monoisotopic (exact) mass is 266 g/mol. The molecule has 3 heteroatoms. The maximum absolute atomic E-state index is 14.2. The van der Waals surface area contributed by atoms with Gasteiger partial charge in [-0.05, 0) is 37.3 Å². The summed E-state index contributed by atoms with van der Waals surface area (Å²) in [6.45, 7) is 6.35. The van der Waals surface area contributed by atoms with Crippen LogP contribution in [-0.4, -0.2) is 19.1 Å². The lowest BCUT2D eigenvalue weighted by atomic mass is 10.0. The second-order valence-electron chi connectivity index (χ2n) is 5.20. The summed E-state index contributed by atoms with van der Waals surface area (Å²) < 4.78 is 14.2. The van der Waals surface area contributed by atoms with Gasteiger partial charge in [-0.3, -0.25) is 0 Å². The molecule has 108 valence electrons. The smallest absolute Gasteiger partial charge is 0.146 e. The number of halogens is 1. The van der Waals surface area contributed by atoms with E-state index in [1.165, 1.54) is 6.07 Å². The van der Waals surface area contributed by atoms with Crippen molar-refractivity contribution in [2.45, 2.75) is 58.5 Å². The molecule has 0 aliphatic carbocycles. The predicted octanol–water partition coefficient (Wildman–Crippen LogP) is 3.73. The minimum atomic E-state index is -0.143. The Morgan fingerprint density at radius 2 is 1.79 bits per heavy atom. The summed E-state index contributed by atoms with van der Waals surface area (Å²) in [5.41, 5.74) is 7.76. The Bertz CT molecular complexity index is 388. The molecular weight excluding hydrogens is 239 g/mol. The Hall–Kier alpha value is -1.09. The third kappa shape index (κ3) is 3.93. The van der Waals surface area contributed by atoms with Crippen LogP contribution in [0.25, 0.3) is 0 Å². The van der Waals surface area contributed by atoms with Gasteiger partial charge in [-0.15, -0.1) is 0 Å². The Morgan fingerprint density at radius 1 is 1.16 bits per heavy atom. The topological polar surface area (TPSA) is 29.3 Å². The zero-order chi connectivity index (χ0) is 14.4. The lowest BCUT2D eigenvalue weighted by Crippen LogP contribution is -2.33. The van der Waals surface area contributed by atoms with E-state index in [1.54, 1.807) is 6.07 Å². The highest BCUT2D eigenvalue weighted by molar-refractivity contribution is 5.55. The van der Waals surface area contributed by atoms with Gasteiger partial charge in [0, 0.05) is 19.1 Å². The number of nitrogens with zero attached hydrogens (tertiary/aromatic N) is 1. The van der Waals surface area contributed by atoms with Crippen molar-refractivity contribution in [3.05, 3.63) is 29.6 Å². The zero-order valence-electron chi connectivity index (χ0n) is 12.6. The molecule has 2 nitrogen and oxygen atoms in total. The van der Waals surface area contributed by atoms with Gasteiger partial charge in [0.1, 0.15) is 5.82 Å². The molecule has 0 fully saturated rings. The van der Waals surface area contributed by atoms with E-state index >= 15 is 0 Å². The first-order valence-corrected chi connectivity index (χ1v) is 7.30. The van der Waals surface area contributed by atoms with Gasteiger partial charge in [0.2, 0.25) is 0 Å². The van der Waals surface area contributed by atoms with Gasteiger partial charge in [0.25, 0.3) is 0 Å². The summed E-state index contributed by atoms with van der Waals surface area (Å²) in [7, 11) is 1.98. The number of rotatable bonds is 7. The Labute approximate surface area is 116 Å². The number of benzene rings is 1. The van der Waals surface area contributed by atoms with Crippen LogP contribution in [0.5, 0.6) is 0 Å². The molecule has 1 unspecified atom stereocenters. The molecule has 0 heterocycles. The molecule has 0 aliphatic rings. The molecule has 0 spiro atoms. The third-order valence-electron chi connectivity index (χ3n) is 3.92. The predicted molar refractivity (Wildman–Crippen MR) is 81.1 cm³/mol. The van der Waals surface area contributed by atoms with Gasteiger partial charge in [-0.25, -0.2) is 4.39 Å². The van der Waals surface area contributed by atoms with Gasteiger partial charge in [0.15, 0.2) is 0 Å². The Morgan fingerprint density at radius 3 is 2.32 bits per heavy atom. The van der Waals surface area contributed by atoms with Crippen LogP contribution in [0.4, 0.5) is 10.1 Å². The van der Waals surface area contributed by atoms with Crippen LogP contribution < -0.4 is 10.6 Å². The average molecular weight is 266 g/mol. The molecule has 0 bridgehead atoms. The van der Waals surface area contributed by atoms with E-state index in [9.17, 15) is 4.39 Å². The summed E-state index contributed by atoms with van der Waals surface area (Å²) in [6.07, 6.45) is 3.67. The van der Waals surface area contributed by atoms with E-state index < -0.39 is 0 Å². The molecule has 1 aromatic carbocycles. The zero-order valence-corrected chi connectivity index (χ0v) is 12.6. The number of para-hydroxylation sites is 1. The molecule has 1 aromatic rings. The molecule has 0 amide bonds. The SMILES string of the molecule is CCC(N)Cc1cccc(F)c1N(C)C(CC)CC. The molecule has 0 radical (unpaired) electrons. The normalized spacial score (nSPS) is 12.8. The molecule has 0 aromatic heterocycles. The van der Waals surface area contributed by atoms with Crippen LogP contribution in [0, 0.1) is 5.82 Å². The van der Waals surface area contributed by atoms with Crippen LogP contribution in [0.3, 0.4) is 0 Å². The maximum atomic E-state index is 14.2. The van der Waals surface area contributed by atoms with Crippen LogP contribution in [0.15, 0.2) is 18.2 Å². The summed E-state index contributed by atoms with van der Waals surface area (Å²) in [6, 6.07) is 5.77. The summed E-state index contributed by atoms with van der Waals surface area (Å²) in [4.78, 5) is 2.08. The lowest BCUT2D eigenvalue weighted by Gasteiger charge is -2.31. The first-order valence-electron chi connectivity index (χ1n) is 7.30. The third-order valence-corrected chi connectivity index (χ3v) is 3.92. The molecule has 1 atom stereocenters. The highest BCUT2D eigenvalue weighted by atomic mass is 19.1. The molecule has 0 saturated carbocycles. The van der Waals surface area contributed by atoms with Crippen LogP contribution in [0.2, 0.25) is 0 Å². The Balaban J connectivity index is 3.09. The number of hydrogen-bond acceptors (Lipinski definition) is 2. The van der Waals surface area contributed by atoms with E-state index in [4.69, 9.17) is 5.73 Å². The molecule has 2 N–H and O–H groups in total. The maximum Gasteiger partial charge on any atom is 0.146 e. The van der Waals surface area contributed by atoms with Crippen molar-refractivity contribution in [3.63, 3.8) is 0 Å². The second kappa shape index (κ2) is 7.49. The summed E-state index contributed by atoms with van der Waals surface area (Å²) in [5.74, 6) is -0.143. The molecule has 0 saturated heterocycles. The highest BCUT2D eigenvalue weighted by Crippen LogP contribution is 2.28. The number of anilines is 1. The van der Waals surface area contributed by atoms with Gasteiger partial charge in [-0.2, -0.15) is 0 Å².